The number of aromatic hydroxyl groups is 2. The smallest absolute Gasteiger partial charge is 0.161 e. The molecule has 0 spiro atoms. The van der Waals surface area contributed by atoms with Crippen LogP contribution in [0.3, 0.4) is 0 Å². The number of benzene rings is 1. The summed E-state index contributed by atoms with van der Waals surface area (Å²) in [5.74, 6) is -0.441. The van der Waals surface area contributed by atoms with Crippen LogP contribution in [0.25, 0.3) is 0 Å². The van der Waals surface area contributed by atoms with E-state index in [4.69, 9.17) is 10.2 Å². The van der Waals surface area contributed by atoms with Gasteiger partial charge in [0.2, 0.25) is 0 Å². The number of aliphatic hydroxyl groups excluding tert-OH is 1. The normalized spacial score (nSPS) is 12.8. The van der Waals surface area contributed by atoms with Crippen LogP contribution in [-0.2, 0) is 0 Å². The number of aliphatic hydroxyl groups is 1. The molecule has 0 aliphatic rings. The minimum atomic E-state index is -0.155. The highest BCUT2D eigenvalue weighted by Gasteiger charge is 2.11. The summed E-state index contributed by atoms with van der Waals surface area (Å²) in [5, 5.41) is 27.3. The van der Waals surface area contributed by atoms with Crippen molar-refractivity contribution in [3.05, 3.63) is 23.8 Å². The second kappa shape index (κ2) is 3.45. The van der Waals surface area contributed by atoms with E-state index >= 15 is 0 Å². The summed E-state index contributed by atoms with van der Waals surface area (Å²) in [7, 11) is 0. The average Bonchev–Trinajstić information content (AvgIpc) is 2.08. The van der Waals surface area contributed by atoms with Gasteiger partial charge in [0.25, 0.3) is 0 Å². The Hall–Kier alpha value is -1.22. The second-order valence-corrected chi connectivity index (χ2v) is 2.80. The SMILES string of the molecule is CC(CO)c1cccc(O)c1O. The molecular formula is C9H12O3. The average molecular weight is 168 g/mol. The Morgan fingerprint density at radius 1 is 1.33 bits per heavy atom. The van der Waals surface area contributed by atoms with Crippen LogP contribution in [0.4, 0.5) is 0 Å². The molecular weight excluding hydrogens is 156 g/mol. The zero-order valence-electron chi connectivity index (χ0n) is 6.86. The lowest BCUT2D eigenvalue weighted by atomic mass is 10.0. The Kier molecular flexibility index (Phi) is 2.55. The van der Waals surface area contributed by atoms with Gasteiger partial charge in [0.1, 0.15) is 0 Å². The van der Waals surface area contributed by atoms with E-state index in [0.717, 1.165) is 0 Å². The van der Waals surface area contributed by atoms with Crippen molar-refractivity contribution in [1.29, 1.82) is 0 Å². The van der Waals surface area contributed by atoms with Gasteiger partial charge in [-0.1, -0.05) is 19.1 Å². The Morgan fingerprint density at radius 2 is 2.00 bits per heavy atom. The lowest BCUT2D eigenvalue weighted by Crippen LogP contribution is -1.98. The van der Waals surface area contributed by atoms with Gasteiger partial charge < -0.3 is 15.3 Å². The lowest BCUT2D eigenvalue weighted by molar-refractivity contribution is 0.269. The molecule has 3 N–H and O–H groups in total. The number of hydrogen-bond acceptors (Lipinski definition) is 3. The monoisotopic (exact) mass is 168 g/mol. The summed E-state index contributed by atoms with van der Waals surface area (Å²) >= 11 is 0. The third kappa shape index (κ3) is 1.51. The fourth-order valence-corrected chi connectivity index (χ4v) is 1.04. The molecule has 0 amide bonds. The van der Waals surface area contributed by atoms with Crippen LogP contribution in [-0.4, -0.2) is 21.9 Å². The van der Waals surface area contributed by atoms with Crippen LogP contribution in [0.2, 0.25) is 0 Å². The van der Waals surface area contributed by atoms with Gasteiger partial charge in [-0.25, -0.2) is 0 Å². The van der Waals surface area contributed by atoms with Gasteiger partial charge in [0.15, 0.2) is 11.5 Å². The predicted molar refractivity (Wildman–Crippen MR) is 45.3 cm³/mol. The predicted octanol–water partition coefficient (Wildman–Crippen LogP) is 1.19. The van der Waals surface area contributed by atoms with Gasteiger partial charge in [-0.15, -0.1) is 0 Å². The Morgan fingerprint density at radius 3 is 2.58 bits per heavy atom. The van der Waals surface area contributed by atoms with E-state index in [1.807, 2.05) is 0 Å². The van der Waals surface area contributed by atoms with Crippen molar-refractivity contribution in [3.63, 3.8) is 0 Å². The maximum absolute atomic E-state index is 9.34. The van der Waals surface area contributed by atoms with Crippen molar-refractivity contribution in [1.82, 2.24) is 0 Å². The molecule has 1 atom stereocenters. The molecule has 3 heteroatoms. The topological polar surface area (TPSA) is 60.7 Å². The van der Waals surface area contributed by atoms with Crippen molar-refractivity contribution in [2.75, 3.05) is 6.61 Å². The zero-order valence-corrected chi connectivity index (χ0v) is 6.86. The van der Waals surface area contributed by atoms with E-state index in [1.54, 1.807) is 19.1 Å². The van der Waals surface area contributed by atoms with Gasteiger partial charge in [-0.05, 0) is 6.07 Å². The molecule has 0 bridgehead atoms. The molecule has 0 aliphatic heterocycles. The van der Waals surface area contributed by atoms with Crippen molar-refractivity contribution in [2.45, 2.75) is 12.8 Å². The third-order valence-corrected chi connectivity index (χ3v) is 1.85. The van der Waals surface area contributed by atoms with Gasteiger partial charge in [-0.2, -0.15) is 0 Å². The van der Waals surface area contributed by atoms with Gasteiger partial charge >= 0.3 is 0 Å². The van der Waals surface area contributed by atoms with Gasteiger partial charge in [0.05, 0.1) is 0 Å². The third-order valence-electron chi connectivity index (χ3n) is 1.85. The molecule has 1 aromatic carbocycles. The van der Waals surface area contributed by atoms with Gasteiger partial charge in [0, 0.05) is 18.1 Å². The fourth-order valence-electron chi connectivity index (χ4n) is 1.04. The largest absolute Gasteiger partial charge is 0.504 e. The first kappa shape index (κ1) is 8.87. The van der Waals surface area contributed by atoms with Crippen molar-refractivity contribution in [3.8, 4) is 11.5 Å². The van der Waals surface area contributed by atoms with Crippen molar-refractivity contribution in [2.24, 2.45) is 0 Å². The minimum Gasteiger partial charge on any atom is -0.504 e. The number of phenolic OH excluding ortho intramolecular Hbond substituents is 2. The van der Waals surface area contributed by atoms with E-state index in [1.165, 1.54) is 6.07 Å². The van der Waals surface area contributed by atoms with E-state index in [0.29, 0.717) is 5.56 Å². The lowest BCUT2D eigenvalue weighted by Gasteiger charge is -2.10. The summed E-state index contributed by atoms with van der Waals surface area (Å²) in [4.78, 5) is 0. The van der Waals surface area contributed by atoms with Crippen molar-refractivity contribution >= 4 is 0 Å². The highest BCUT2D eigenvalue weighted by atomic mass is 16.3. The molecule has 1 unspecified atom stereocenters. The molecule has 66 valence electrons. The highest BCUT2D eigenvalue weighted by Crippen LogP contribution is 2.32. The van der Waals surface area contributed by atoms with Crippen LogP contribution >= 0.6 is 0 Å². The summed E-state index contributed by atoms with van der Waals surface area (Å²) in [5.41, 5.74) is 0.567. The molecule has 0 saturated carbocycles. The van der Waals surface area contributed by atoms with Crippen LogP contribution in [0, 0.1) is 0 Å². The first-order valence-corrected chi connectivity index (χ1v) is 3.78. The highest BCUT2D eigenvalue weighted by molar-refractivity contribution is 5.45. The summed E-state index contributed by atoms with van der Waals surface area (Å²) in [6.45, 7) is 1.73. The van der Waals surface area contributed by atoms with Crippen LogP contribution in [0.1, 0.15) is 18.4 Å². The summed E-state index contributed by atoms with van der Waals surface area (Å²) in [6, 6.07) is 4.72. The maximum atomic E-state index is 9.34. The first-order chi connectivity index (χ1) is 5.66. The molecule has 0 heterocycles. The van der Waals surface area contributed by atoms with Crippen LogP contribution in [0.5, 0.6) is 11.5 Å². The summed E-state index contributed by atoms with van der Waals surface area (Å²) in [6.07, 6.45) is 0. The Bertz CT molecular complexity index is 270. The first-order valence-electron chi connectivity index (χ1n) is 3.78. The summed E-state index contributed by atoms with van der Waals surface area (Å²) < 4.78 is 0. The number of rotatable bonds is 2. The molecule has 0 aliphatic carbocycles. The minimum absolute atomic E-state index is 0.0446. The number of phenols is 2. The zero-order chi connectivity index (χ0) is 9.14. The van der Waals surface area contributed by atoms with E-state index in [-0.39, 0.29) is 24.0 Å². The second-order valence-electron chi connectivity index (χ2n) is 2.80. The molecule has 0 saturated heterocycles. The standard InChI is InChI=1S/C9H12O3/c1-6(5-10)7-3-2-4-8(11)9(7)12/h2-4,6,10-12H,5H2,1H3. The quantitative estimate of drug-likeness (QED) is 0.581. The van der Waals surface area contributed by atoms with Gasteiger partial charge in [-0.3, -0.25) is 0 Å². The molecule has 0 fully saturated rings. The molecule has 1 aromatic rings. The maximum Gasteiger partial charge on any atom is 0.161 e. The molecule has 12 heavy (non-hydrogen) atoms. The fraction of sp³-hybridized carbons (Fsp3) is 0.333. The number of para-hydroxylation sites is 1. The van der Waals surface area contributed by atoms with Crippen molar-refractivity contribution < 1.29 is 15.3 Å². The van der Waals surface area contributed by atoms with Crippen LogP contribution < -0.4 is 0 Å². The molecule has 3 nitrogen and oxygen atoms in total. The molecule has 0 radical (unpaired) electrons. The molecule has 1 rings (SSSR count). The molecule has 0 aromatic heterocycles. The van der Waals surface area contributed by atoms with Crippen LogP contribution in [0.15, 0.2) is 18.2 Å². The number of hydrogen-bond donors (Lipinski definition) is 3. The van der Waals surface area contributed by atoms with E-state index in [2.05, 4.69) is 0 Å². The van der Waals surface area contributed by atoms with E-state index < -0.39 is 0 Å². The van der Waals surface area contributed by atoms with E-state index in [9.17, 15) is 5.11 Å². The Labute approximate surface area is 70.9 Å². The Balaban J connectivity index is 3.07.